The Labute approximate surface area is 132 Å². The van der Waals surface area contributed by atoms with Gasteiger partial charge < -0.3 is 4.90 Å². The number of carbonyl (C=O) groups excluding carboxylic acids is 1. The molecule has 5 nitrogen and oxygen atoms in total. The molecule has 0 aromatic heterocycles. The molecule has 0 bridgehead atoms. The lowest BCUT2D eigenvalue weighted by atomic mass is 9.68. The van der Waals surface area contributed by atoms with Crippen molar-refractivity contribution in [3.05, 3.63) is 23.3 Å². The second kappa shape index (κ2) is 5.23. The van der Waals surface area contributed by atoms with Gasteiger partial charge in [-0.3, -0.25) is 0 Å². The van der Waals surface area contributed by atoms with Gasteiger partial charge in [0.05, 0.1) is 5.71 Å². The Morgan fingerprint density at radius 2 is 2.09 bits per heavy atom. The number of piperidine rings is 1. The largest absolute Gasteiger partial charge is 0.355 e. The first kappa shape index (κ1) is 15.3. The maximum absolute atomic E-state index is 12.6. The Balaban J connectivity index is 2.12. The third-order valence-electron chi connectivity index (χ3n) is 5.01. The Bertz CT molecular complexity index is 589. The van der Waals surface area contributed by atoms with Gasteiger partial charge in [0.2, 0.25) is 0 Å². The number of amides is 2. The van der Waals surface area contributed by atoms with Crippen LogP contribution >= 0.6 is 0 Å². The minimum atomic E-state index is -0.105. The second-order valence-corrected chi connectivity index (χ2v) is 7.09. The molecule has 1 saturated heterocycles. The maximum atomic E-state index is 12.6. The molecule has 1 fully saturated rings. The first-order valence-corrected chi connectivity index (χ1v) is 8.10. The molecule has 2 heterocycles. The molecule has 0 radical (unpaired) electrons. The van der Waals surface area contributed by atoms with Crippen molar-refractivity contribution in [2.45, 2.75) is 46.1 Å². The van der Waals surface area contributed by atoms with Crippen molar-refractivity contribution in [1.82, 2.24) is 15.0 Å². The van der Waals surface area contributed by atoms with Crippen molar-refractivity contribution in [3.63, 3.8) is 0 Å². The number of allylic oxidation sites excluding steroid dienone is 3. The van der Waals surface area contributed by atoms with Crippen LogP contribution in [0.25, 0.3) is 0 Å². The molecule has 2 amide bonds. The van der Waals surface area contributed by atoms with Gasteiger partial charge in [-0.2, -0.15) is 10.1 Å². The summed E-state index contributed by atoms with van der Waals surface area (Å²) in [5, 5.41) is 8.55. The SMILES string of the molecule is CC1=CC2(C)C(=NN(C(=O)N(C)C)N3CCCCC32)C(C)=C1. The summed E-state index contributed by atoms with van der Waals surface area (Å²) < 4.78 is 0. The summed E-state index contributed by atoms with van der Waals surface area (Å²) in [6.45, 7) is 7.42. The van der Waals surface area contributed by atoms with Gasteiger partial charge in [0.15, 0.2) is 0 Å². The van der Waals surface area contributed by atoms with E-state index in [0.29, 0.717) is 6.04 Å². The van der Waals surface area contributed by atoms with E-state index in [1.165, 1.54) is 17.6 Å². The summed E-state index contributed by atoms with van der Waals surface area (Å²) in [4.78, 5) is 14.2. The molecular formula is C17H26N4O. The van der Waals surface area contributed by atoms with Crippen molar-refractivity contribution >= 4 is 11.7 Å². The minimum absolute atomic E-state index is 0.0690. The predicted octanol–water partition coefficient (Wildman–Crippen LogP) is 3.02. The molecular weight excluding hydrogens is 276 g/mol. The highest BCUT2D eigenvalue weighted by molar-refractivity contribution is 6.07. The normalized spacial score (nSPS) is 31.6. The van der Waals surface area contributed by atoms with E-state index in [1.807, 2.05) is 0 Å². The molecule has 0 N–H and O–H groups in total. The summed E-state index contributed by atoms with van der Waals surface area (Å²) >= 11 is 0. The molecule has 0 saturated carbocycles. The van der Waals surface area contributed by atoms with Crippen molar-refractivity contribution in [2.24, 2.45) is 10.5 Å². The third kappa shape index (κ3) is 2.19. The van der Waals surface area contributed by atoms with Gasteiger partial charge in [-0.1, -0.05) is 24.1 Å². The zero-order valence-electron chi connectivity index (χ0n) is 14.3. The molecule has 3 aliphatic rings. The quantitative estimate of drug-likeness (QED) is 0.690. The summed E-state index contributed by atoms with van der Waals surface area (Å²) in [6, 6.07) is 0.233. The second-order valence-electron chi connectivity index (χ2n) is 7.09. The van der Waals surface area contributed by atoms with Crippen LogP contribution in [0.5, 0.6) is 0 Å². The summed E-state index contributed by atoms with van der Waals surface area (Å²) in [5.74, 6) is 0. The Kier molecular flexibility index (Phi) is 3.63. The number of carbonyl (C=O) groups is 1. The average Bonchev–Trinajstić information content (AvgIpc) is 2.45. The van der Waals surface area contributed by atoms with Crippen molar-refractivity contribution in [2.75, 3.05) is 20.6 Å². The van der Waals surface area contributed by atoms with Gasteiger partial charge in [-0.25, -0.2) is 4.79 Å². The predicted molar refractivity (Wildman–Crippen MR) is 88.3 cm³/mol. The van der Waals surface area contributed by atoms with Crippen LogP contribution in [0.2, 0.25) is 0 Å². The number of nitrogens with zero attached hydrogens (tertiary/aromatic N) is 4. The average molecular weight is 302 g/mol. The monoisotopic (exact) mass is 302 g/mol. The zero-order chi connectivity index (χ0) is 16.1. The van der Waals surface area contributed by atoms with Gasteiger partial charge in [0, 0.05) is 32.1 Å². The van der Waals surface area contributed by atoms with Gasteiger partial charge in [0.1, 0.15) is 0 Å². The fourth-order valence-corrected chi connectivity index (χ4v) is 4.09. The Morgan fingerprint density at radius 1 is 1.36 bits per heavy atom. The standard InChI is InChI=1S/C17H26N4O/c1-12-10-13(2)15-17(3,11-12)14-8-6-7-9-20(14)21(18-15)16(22)19(4)5/h10-11,14H,6-9H2,1-5H3. The van der Waals surface area contributed by atoms with Crippen LogP contribution in [0, 0.1) is 5.41 Å². The number of hydrogen-bond acceptors (Lipinski definition) is 3. The van der Waals surface area contributed by atoms with Crippen molar-refractivity contribution in [3.8, 4) is 0 Å². The van der Waals surface area contributed by atoms with E-state index in [-0.39, 0.29) is 11.4 Å². The molecule has 0 aromatic carbocycles. The Morgan fingerprint density at radius 3 is 2.77 bits per heavy atom. The van der Waals surface area contributed by atoms with Crippen LogP contribution in [-0.4, -0.2) is 53.5 Å². The van der Waals surface area contributed by atoms with Gasteiger partial charge >= 0.3 is 6.03 Å². The molecule has 5 heteroatoms. The molecule has 22 heavy (non-hydrogen) atoms. The van der Waals surface area contributed by atoms with Crippen LogP contribution in [-0.2, 0) is 0 Å². The van der Waals surface area contributed by atoms with Crippen molar-refractivity contribution < 1.29 is 4.79 Å². The first-order chi connectivity index (χ1) is 10.3. The van der Waals surface area contributed by atoms with E-state index in [0.717, 1.165) is 25.1 Å². The van der Waals surface area contributed by atoms with Gasteiger partial charge in [0.25, 0.3) is 0 Å². The molecule has 2 atom stereocenters. The van der Waals surface area contributed by atoms with E-state index < -0.39 is 0 Å². The number of urea groups is 1. The lowest BCUT2D eigenvalue weighted by molar-refractivity contribution is -0.0818. The topological polar surface area (TPSA) is 39.2 Å². The summed E-state index contributed by atoms with van der Waals surface area (Å²) in [6.07, 6.45) is 7.93. The van der Waals surface area contributed by atoms with Gasteiger partial charge in [-0.15, -0.1) is 5.12 Å². The minimum Gasteiger partial charge on any atom is -0.328 e. The highest BCUT2D eigenvalue weighted by atomic mass is 16.2. The molecule has 2 aliphatic heterocycles. The summed E-state index contributed by atoms with van der Waals surface area (Å²) in [7, 11) is 3.56. The van der Waals surface area contributed by atoms with E-state index >= 15 is 0 Å². The fourth-order valence-electron chi connectivity index (χ4n) is 4.09. The van der Waals surface area contributed by atoms with Crippen LogP contribution < -0.4 is 0 Å². The lowest BCUT2D eigenvalue weighted by Gasteiger charge is -2.53. The fraction of sp³-hybridized carbons (Fsp3) is 0.647. The lowest BCUT2D eigenvalue weighted by Crippen LogP contribution is -2.64. The molecule has 0 aromatic rings. The number of hydrazine groups is 1. The number of rotatable bonds is 0. The third-order valence-corrected chi connectivity index (χ3v) is 5.01. The molecule has 1 aliphatic carbocycles. The molecule has 3 rings (SSSR count). The smallest absolute Gasteiger partial charge is 0.328 e. The highest BCUT2D eigenvalue weighted by Crippen LogP contribution is 2.44. The molecule has 0 spiro atoms. The van der Waals surface area contributed by atoms with Crippen LogP contribution in [0.1, 0.15) is 40.0 Å². The van der Waals surface area contributed by atoms with E-state index in [2.05, 4.69) is 37.9 Å². The molecule has 120 valence electrons. The van der Waals surface area contributed by atoms with Crippen LogP contribution in [0.4, 0.5) is 4.79 Å². The number of hydrazone groups is 1. The number of fused-ring (bicyclic) bond motifs is 3. The van der Waals surface area contributed by atoms with E-state index in [9.17, 15) is 4.79 Å². The van der Waals surface area contributed by atoms with E-state index in [4.69, 9.17) is 5.10 Å². The van der Waals surface area contributed by atoms with Crippen LogP contribution in [0.3, 0.4) is 0 Å². The molecule has 2 unspecified atom stereocenters. The van der Waals surface area contributed by atoms with Crippen molar-refractivity contribution in [1.29, 1.82) is 0 Å². The van der Waals surface area contributed by atoms with E-state index in [1.54, 1.807) is 24.1 Å². The van der Waals surface area contributed by atoms with Crippen LogP contribution in [0.15, 0.2) is 28.4 Å². The first-order valence-electron chi connectivity index (χ1n) is 8.10. The number of hydrogen-bond donors (Lipinski definition) is 0. The zero-order valence-corrected chi connectivity index (χ0v) is 14.3. The maximum Gasteiger partial charge on any atom is 0.355 e. The Hall–Kier alpha value is -1.62. The highest BCUT2D eigenvalue weighted by Gasteiger charge is 2.50. The van der Waals surface area contributed by atoms with Gasteiger partial charge in [-0.05, 0) is 39.2 Å². The summed E-state index contributed by atoms with van der Waals surface area (Å²) in [5.41, 5.74) is 3.39.